The average molecular weight is 206 g/mol. The van der Waals surface area contributed by atoms with Crippen LogP contribution in [0.15, 0.2) is 35.3 Å². The number of amidine groups is 2. The summed E-state index contributed by atoms with van der Waals surface area (Å²) in [4.78, 5) is 3.95. The zero-order valence-corrected chi connectivity index (χ0v) is 7.75. The van der Waals surface area contributed by atoms with Crippen LogP contribution in [0.5, 0.6) is 0 Å². The van der Waals surface area contributed by atoms with E-state index in [1.807, 2.05) is 18.2 Å². The van der Waals surface area contributed by atoms with Gasteiger partial charge in [0.1, 0.15) is 0 Å². The molecule has 6 nitrogen and oxygen atoms in total. The molecule has 0 unspecified atom stereocenters. The number of aliphatic imine (C=N–C) groups is 1. The second kappa shape index (κ2) is 3.68. The Hall–Kier alpha value is -1.92. The van der Waals surface area contributed by atoms with E-state index in [1.54, 1.807) is 17.6 Å². The van der Waals surface area contributed by atoms with Crippen molar-refractivity contribution >= 4 is 11.7 Å². The standard InChI is InChI=1S/C9H10N4O2/c10-7-8(12-14)11-9(13(7)15)6-4-2-1-3-5-6/h1-5,9-10,14-15H,(H,11,12)/t9-/m1/s1. The van der Waals surface area contributed by atoms with Crippen molar-refractivity contribution in [3.8, 4) is 0 Å². The van der Waals surface area contributed by atoms with Crippen molar-refractivity contribution < 1.29 is 10.4 Å². The molecule has 0 saturated heterocycles. The smallest absolute Gasteiger partial charge is 0.192 e. The van der Waals surface area contributed by atoms with Crippen molar-refractivity contribution in [2.45, 2.75) is 6.17 Å². The topological polar surface area (TPSA) is 91.9 Å². The highest BCUT2D eigenvalue weighted by Gasteiger charge is 2.31. The van der Waals surface area contributed by atoms with Crippen molar-refractivity contribution in [2.75, 3.05) is 0 Å². The van der Waals surface area contributed by atoms with Crippen LogP contribution in [0.25, 0.3) is 0 Å². The van der Waals surface area contributed by atoms with Gasteiger partial charge in [0.2, 0.25) is 0 Å². The maximum Gasteiger partial charge on any atom is 0.192 e. The van der Waals surface area contributed by atoms with Gasteiger partial charge in [0.05, 0.1) is 0 Å². The van der Waals surface area contributed by atoms with Crippen LogP contribution < -0.4 is 5.48 Å². The molecule has 0 amide bonds. The van der Waals surface area contributed by atoms with Crippen molar-refractivity contribution in [1.29, 1.82) is 5.41 Å². The number of hydroxylamine groups is 3. The Kier molecular flexibility index (Phi) is 2.36. The van der Waals surface area contributed by atoms with Crippen LogP contribution in [0, 0.1) is 5.41 Å². The molecular formula is C9H10N4O2. The van der Waals surface area contributed by atoms with E-state index in [2.05, 4.69) is 4.99 Å². The second-order valence-electron chi connectivity index (χ2n) is 3.07. The van der Waals surface area contributed by atoms with E-state index in [1.165, 1.54) is 0 Å². The minimum Gasteiger partial charge on any atom is -0.290 e. The Labute approximate surface area is 85.9 Å². The maximum atomic E-state index is 9.56. The van der Waals surface area contributed by atoms with Crippen molar-refractivity contribution in [2.24, 2.45) is 4.99 Å². The van der Waals surface area contributed by atoms with Gasteiger partial charge >= 0.3 is 0 Å². The number of nitrogens with zero attached hydrogens (tertiary/aromatic N) is 2. The highest BCUT2D eigenvalue weighted by molar-refractivity contribution is 6.39. The van der Waals surface area contributed by atoms with E-state index in [0.717, 1.165) is 5.56 Å². The van der Waals surface area contributed by atoms with Gasteiger partial charge in [-0.2, -0.15) is 0 Å². The maximum absolute atomic E-state index is 9.56. The SMILES string of the molecule is N=C1C(NO)=N[C@@H](c2ccccc2)N1O. The van der Waals surface area contributed by atoms with Gasteiger partial charge in [-0.15, -0.1) is 0 Å². The third-order valence-electron chi connectivity index (χ3n) is 2.14. The summed E-state index contributed by atoms with van der Waals surface area (Å²) in [6.45, 7) is 0. The fourth-order valence-corrected chi connectivity index (χ4v) is 1.39. The van der Waals surface area contributed by atoms with Gasteiger partial charge in [0, 0.05) is 0 Å². The minimum absolute atomic E-state index is 0.0497. The number of rotatable bonds is 1. The summed E-state index contributed by atoms with van der Waals surface area (Å²) in [7, 11) is 0. The largest absolute Gasteiger partial charge is 0.290 e. The molecule has 0 bridgehead atoms. The normalized spacial score (nSPS) is 20.4. The summed E-state index contributed by atoms with van der Waals surface area (Å²) in [5, 5.41) is 26.3. The third kappa shape index (κ3) is 1.56. The molecule has 1 atom stereocenters. The molecule has 0 aromatic heterocycles. The first-order chi connectivity index (χ1) is 7.24. The van der Waals surface area contributed by atoms with Crippen LogP contribution in [0.2, 0.25) is 0 Å². The lowest BCUT2D eigenvalue weighted by Crippen LogP contribution is -2.33. The van der Waals surface area contributed by atoms with Gasteiger partial charge in [0.15, 0.2) is 17.8 Å². The Morgan fingerprint density at radius 3 is 2.53 bits per heavy atom. The molecule has 1 aliphatic heterocycles. The fourth-order valence-electron chi connectivity index (χ4n) is 1.39. The molecular weight excluding hydrogens is 196 g/mol. The van der Waals surface area contributed by atoms with E-state index in [0.29, 0.717) is 5.06 Å². The quantitative estimate of drug-likeness (QED) is 0.510. The lowest BCUT2D eigenvalue weighted by Gasteiger charge is -2.16. The first kappa shape index (κ1) is 9.63. The zero-order valence-electron chi connectivity index (χ0n) is 7.75. The van der Waals surface area contributed by atoms with Crippen LogP contribution in [0.3, 0.4) is 0 Å². The van der Waals surface area contributed by atoms with Gasteiger partial charge in [0.25, 0.3) is 0 Å². The molecule has 1 aliphatic rings. The molecule has 0 radical (unpaired) electrons. The molecule has 1 aromatic rings. The molecule has 1 heterocycles. The van der Waals surface area contributed by atoms with Gasteiger partial charge in [-0.05, 0) is 5.56 Å². The molecule has 15 heavy (non-hydrogen) atoms. The zero-order chi connectivity index (χ0) is 10.8. The van der Waals surface area contributed by atoms with Crippen LogP contribution in [0.1, 0.15) is 11.7 Å². The summed E-state index contributed by atoms with van der Waals surface area (Å²) in [6.07, 6.45) is -0.673. The van der Waals surface area contributed by atoms with Crippen LogP contribution in [-0.2, 0) is 0 Å². The Morgan fingerprint density at radius 1 is 1.33 bits per heavy atom. The van der Waals surface area contributed by atoms with Crippen LogP contribution in [-0.4, -0.2) is 27.1 Å². The summed E-state index contributed by atoms with van der Waals surface area (Å²) >= 11 is 0. The van der Waals surface area contributed by atoms with Crippen molar-refractivity contribution in [1.82, 2.24) is 10.5 Å². The predicted octanol–water partition coefficient (Wildman–Crippen LogP) is 0.745. The highest BCUT2D eigenvalue weighted by Crippen LogP contribution is 2.25. The molecule has 6 heteroatoms. The van der Waals surface area contributed by atoms with Gasteiger partial charge in [-0.3, -0.25) is 15.8 Å². The summed E-state index contributed by atoms with van der Waals surface area (Å²) in [6, 6.07) is 9.04. The lowest BCUT2D eigenvalue weighted by atomic mass is 10.2. The molecule has 1 aromatic carbocycles. The lowest BCUT2D eigenvalue weighted by molar-refractivity contribution is -0.0454. The molecule has 0 spiro atoms. The Bertz CT molecular complexity index is 404. The van der Waals surface area contributed by atoms with E-state index in [4.69, 9.17) is 10.6 Å². The van der Waals surface area contributed by atoms with E-state index < -0.39 is 6.17 Å². The predicted molar refractivity (Wildman–Crippen MR) is 52.9 cm³/mol. The third-order valence-corrected chi connectivity index (χ3v) is 2.14. The molecule has 0 fully saturated rings. The number of nitrogens with one attached hydrogen (secondary N) is 2. The highest BCUT2D eigenvalue weighted by atomic mass is 16.5. The summed E-state index contributed by atoms with van der Waals surface area (Å²) in [5.41, 5.74) is 2.51. The molecule has 0 saturated carbocycles. The average Bonchev–Trinajstić information content (AvgIpc) is 2.57. The molecule has 4 N–H and O–H groups in total. The fraction of sp³-hybridized carbons (Fsp3) is 0.111. The van der Waals surface area contributed by atoms with Gasteiger partial charge in [-0.1, -0.05) is 30.3 Å². The van der Waals surface area contributed by atoms with Gasteiger partial charge < -0.3 is 0 Å². The second-order valence-corrected chi connectivity index (χ2v) is 3.07. The molecule has 0 aliphatic carbocycles. The molecule has 78 valence electrons. The van der Waals surface area contributed by atoms with E-state index in [9.17, 15) is 5.21 Å². The summed E-state index contributed by atoms with van der Waals surface area (Å²) in [5.74, 6) is -0.308. The minimum atomic E-state index is -0.673. The first-order valence-electron chi connectivity index (χ1n) is 4.34. The van der Waals surface area contributed by atoms with Crippen molar-refractivity contribution in [3.63, 3.8) is 0 Å². The number of hydrogen-bond donors (Lipinski definition) is 4. The monoisotopic (exact) mass is 206 g/mol. The van der Waals surface area contributed by atoms with Crippen molar-refractivity contribution in [3.05, 3.63) is 35.9 Å². The number of hydrogen-bond acceptors (Lipinski definition) is 5. The van der Waals surface area contributed by atoms with E-state index >= 15 is 0 Å². The molecule has 2 rings (SSSR count). The summed E-state index contributed by atoms with van der Waals surface area (Å²) < 4.78 is 0. The first-order valence-corrected chi connectivity index (χ1v) is 4.34. The van der Waals surface area contributed by atoms with Crippen LogP contribution in [0.4, 0.5) is 0 Å². The van der Waals surface area contributed by atoms with Crippen LogP contribution >= 0.6 is 0 Å². The van der Waals surface area contributed by atoms with Gasteiger partial charge in [-0.25, -0.2) is 15.5 Å². The Morgan fingerprint density at radius 2 is 2.00 bits per heavy atom. The Balaban J connectivity index is 2.33. The van der Waals surface area contributed by atoms with E-state index in [-0.39, 0.29) is 11.7 Å². The number of benzene rings is 1.